The summed E-state index contributed by atoms with van der Waals surface area (Å²) >= 11 is 1.69. The Morgan fingerprint density at radius 1 is 1.73 bits per heavy atom. The van der Waals surface area contributed by atoms with Crippen molar-refractivity contribution in [2.75, 3.05) is 0 Å². The summed E-state index contributed by atoms with van der Waals surface area (Å²) in [6.45, 7) is 0. The third kappa shape index (κ3) is 1.48. The van der Waals surface area contributed by atoms with Crippen LogP contribution in [0.1, 0.15) is 29.5 Å². The van der Waals surface area contributed by atoms with Crippen molar-refractivity contribution in [2.24, 2.45) is 0 Å². The summed E-state index contributed by atoms with van der Waals surface area (Å²) in [5, 5.41) is 3.21. The fourth-order valence-corrected chi connectivity index (χ4v) is 2.02. The Kier molecular flexibility index (Phi) is 1.74. The number of aldehydes is 1. The van der Waals surface area contributed by atoms with Gasteiger partial charge < -0.3 is 4.79 Å². The predicted molar refractivity (Wildman–Crippen MR) is 43.9 cm³/mol. The summed E-state index contributed by atoms with van der Waals surface area (Å²) in [4.78, 5) is 14.5. The van der Waals surface area contributed by atoms with Crippen molar-refractivity contribution in [3.05, 3.63) is 16.1 Å². The van der Waals surface area contributed by atoms with Crippen LogP contribution in [0.15, 0.2) is 5.38 Å². The van der Waals surface area contributed by atoms with E-state index in [0.717, 1.165) is 17.9 Å². The van der Waals surface area contributed by atoms with Gasteiger partial charge in [-0.25, -0.2) is 4.98 Å². The van der Waals surface area contributed by atoms with Crippen LogP contribution in [0.25, 0.3) is 0 Å². The quantitative estimate of drug-likeness (QED) is 0.642. The predicted octanol–water partition coefficient (Wildman–Crippen LogP) is 1.76. The van der Waals surface area contributed by atoms with Gasteiger partial charge >= 0.3 is 0 Å². The van der Waals surface area contributed by atoms with Crippen LogP contribution in [0.2, 0.25) is 0 Å². The number of aromatic nitrogens is 1. The molecular weight excluding hydrogens is 158 g/mol. The summed E-state index contributed by atoms with van der Waals surface area (Å²) in [7, 11) is 0. The Bertz CT molecular complexity index is 265. The van der Waals surface area contributed by atoms with Gasteiger partial charge in [-0.1, -0.05) is 0 Å². The average molecular weight is 167 g/mol. The largest absolute Gasteiger partial charge is 0.303 e. The van der Waals surface area contributed by atoms with Crippen molar-refractivity contribution in [2.45, 2.75) is 25.2 Å². The number of hydrogen-bond acceptors (Lipinski definition) is 3. The first kappa shape index (κ1) is 6.98. The van der Waals surface area contributed by atoms with Gasteiger partial charge in [-0.15, -0.1) is 11.3 Å². The summed E-state index contributed by atoms with van der Waals surface area (Å²) in [5.74, 6) is 0.723. The number of hydrogen-bond donors (Lipinski definition) is 0. The monoisotopic (exact) mass is 167 g/mol. The highest BCUT2D eigenvalue weighted by Crippen LogP contribution is 2.41. The average Bonchev–Trinajstić information content (AvgIpc) is 2.75. The number of thiazole rings is 1. The van der Waals surface area contributed by atoms with Crippen LogP contribution in [0.5, 0.6) is 0 Å². The molecule has 1 aliphatic carbocycles. The van der Waals surface area contributed by atoms with Gasteiger partial charge in [-0.2, -0.15) is 0 Å². The Hall–Kier alpha value is -0.700. The Morgan fingerprint density at radius 3 is 3.18 bits per heavy atom. The molecule has 1 aliphatic rings. The topological polar surface area (TPSA) is 30.0 Å². The molecule has 0 N–H and O–H groups in total. The molecule has 0 unspecified atom stereocenters. The molecule has 0 spiro atoms. The lowest BCUT2D eigenvalue weighted by Gasteiger charge is -1.84. The molecule has 0 amide bonds. The van der Waals surface area contributed by atoms with Gasteiger partial charge in [0.15, 0.2) is 0 Å². The maximum Gasteiger partial charge on any atom is 0.125 e. The normalized spacial score (nSPS) is 16.7. The molecule has 1 fully saturated rings. The van der Waals surface area contributed by atoms with Crippen molar-refractivity contribution in [1.82, 2.24) is 4.98 Å². The van der Waals surface area contributed by atoms with Crippen molar-refractivity contribution in [3.8, 4) is 0 Å². The van der Waals surface area contributed by atoms with Crippen LogP contribution in [-0.2, 0) is 11.2 Å². The van der Waals surface area contributed by atoms with Crippen LogP contribution in [0.3, 0.4) is 0 Å². The molecule has 0 aromatic carbocycles. The molecule has 0 radical (unpaired) electrons. The molecule has 1 aromatic heterocycles. The van der Waals surface area contributed by atoms with E-state index in [2.05, 4.69) is 4.98 Å². The molecular formula is C8H9NOS. The third-order valence-electron chi connectivity index (χ3n) is 1.79. The smallest absolute Gasteiger partial charge is 0.125 e. The Labute approximate surface area is 69.3 Å². The van der Waals surface area contributed by atoms with Gasteiger partial charge in [-0.05, 0) is 12.8 Å². The van der Waals surface area contributed by atoms with E-state index in [0.29, 0.717) is 6.42 Å². The Morgan fingerprint density at radius 2 is 2.55 bits per heavy atom. The van der Waals surface area contributed by atoms with E-state index in [1.165, 1.54) is 17.8 Å². The molecule has 0 aliphatic heterocycles. The molecule has 1 saturated carbocycles. The van der Waals surface area contributed by atoms with E-state index in [-0.39, 0.29) is 0 Å². The highest BCUT2D eigenvalue weighted by molar-refractivity contribution is 7.09. The van der Waals surface area contributed by atoms with E-state index in [1.807, 2.05) is 5.38 Å². The molecule has 1 aromatic rings. The number of carbonyl (C=O) groups is 1. The highest BCUT2D eigenvalue weighted by Gasteiger charge is 2.26. The van der Waals surface area contributed by atoms with Crippen molar-refractivity contribution < 1.29 is 4.79 Å². The van der Waals surface area contributed by atoms with E-state index >= 15 is 0 Å². The minimum Gasteiger partial charge on any atom is -0.303 e. The lowest BCUT2D eigenvalue weighted by Crippen LogP contribution is -1.85. The van der Waals surface area contributed by atoms with Gasteiger partial charge in [0.2, 0.25) is 0 Å². The second-order valence-corrected chi connectivity index (χ2v) is 3.71. The second kappa shape index (κ2) is 2.74. The van der Waals surface area contributed by atoms with E-state index in [1.54, 1.807) is 11.3 Å². The molecule has 11 heavy (non-hydrogen) atoms. The fraction of sp³-hybridized carbons (Fsp3) is 0.500. The van der Waals surface area contributed by atoms with Crippen LogP contribution in [-0.4, -0.2) is 11.3 Å². The zero-order valence-electron chi connectivity index (χ0n) is 6.12. The van der Waals surface area contributed by atoms with Crippen molar-refractivity contribution >= 4 is 17.6 Å². The van der Waals surface area contributed by atoms with E-state index < -0.39 is 0 Å². The molecule has 2 nitrogen and oxygen atoms in total. The molecule has 58 valence electrons. The van der Waals surface area contributed by atoms with Crippen LogP contribution in [0.4, 0.5) is 0 Å². The van der Waals surface area contributed by atoms with E-state index in [9.17, 15) is 4.79 Å². The molecule has 0 saturated heterocycles. The Balaban J connectivity index is 2.11. The first-order valence-electron chi connectivity index (χ1n) is 3.78. The first-order chi connectivity index (χ1) is 5.40. The third-order valence-corrected chi connectivity index (χ3v) is 2.84. The number of rotatable bonds is 3. The number of carbonyl (C=O) groups excluding carboxylic acids is 1. The van der Waals surface area contributed by atoms with Crippen LogP contribution >= 0.6 is 11.3 Å². The van der Waals surface area contributed by atoms with Gasteiger partial charge in [-0.3, -0.25) is 0 Å². The molecule has 3 heteroatoms. The summed E-state index contributed by atoms with van der Waals surface area (Å²) in [6.07, 6.45) is 3.96. The fourth-order valence-electron chi connectivity index (χ4n) is 1.02. The first-order valence-corrected chi connectivity index (χ1v) is 4.66. The van der Waals surface area contributed by atoms with Crippen molar-refractivity contribution in [1.29, 1.82) is 0 Å². The molecule has 0 atom stereocenters. The van der Waals surface area contributed by atoms with Gasteiger partial charge in [0.25, 0.3) is 0 Å². The van der Waals surface area contributed by atoms with Crippen LogP contribution in [0, 0.1) is 0 Å². The molecule has 1 heterocycles. The minimum atomic E-state index is 0.475. The lowest BCUT2D eigenvalue weighted by atomic mass is 10.4. The van der Waals surface area contributed by atoms with Crippen LogP contribution < -0.4 is 0 Å². The highest BCUT2D eigenvalue weighted by atomic mass is 32.1. The summed E-state index contributed by atoms with van der Waals surface area (Å²) < 4.78 is 0. The zero-order chi connectivity index (χ0) is 7.68. The molecule has 0 bridgehead atoms. The standard InChI is InChI=1S/C8H9NOS/c10-4-3-7-5-11-8(9-7)6-1-2-6/h4-6H,1-3H2. The van der Waals surface area contributed by atoms with Crippen molar-refractivity contribution in [3.63, 3.8) is 0 Å². The van der Waals surface area contributed by atoms with Gasteiger partial charge in [0.1, 0.15) is 6.29 Å². The summed E-state index contributed by atoms with van der Waals surface area (Å²) in [6, 6.07) is 0. The summed E-state index contributed by atoms with van der Waals surface area (Å²) in [5.41, 5.74) is 0.937. The van der Waals surface area contributed by atoms with Gasteiger partial charge in [0.05, 0.1) is 10.7 Å². The minimum absolute atomic E-state index is 0.475. The molecule has 2 rings (SSSR count). The second-order valence-electron chi connectivity index (χ2n) is 2.82. The maximum atomic E-state index is 10.1. The zero-order valence-corrected chi connectivity index (χ0v) is 6.93. The number of nitrogens with zero attached hydrogens (tertiary/aromatic N) is 1. The SMILES string of the molecule is O=CCc1csc(C2CC2)n1. The van der Waals surface area contributed by atoms with Gasteiger partial charge in [0, 0.05) is 17.7 Å². The maximum absolute atomic E-state index is 10.1. The van der Waals surface area contributed by atoms with E-state index in [4.69, 9.17) is 0 Å². The lowest BCUT2D eigenvalue weighted by molar-refractivity contribution is -0.107.